The van der Waals surface area contributed by atoms with Crippen LogP contribution < -0.4 is 5.32 Å². The van der Waals surface area contributed by atoms with Crippen LogP contribution in [0.4, 0.5) is 10.1 Å². The summed E-state index contributed by atoms with van der Waals surface area (Å²) in [4.78, 5) is 0. The summed E-state index contributed by atoms with van der Waals surface area (Å²) in [6.45, 7) is 0.965. The molecule has 3 heteroatoms. The van der Waals surface area contributed by atoms with Gasteiger partial charge in [-0.3, -0.25) is 0 Å². The number of aromatic hydroxyl groups is 1. The minimum atomic E-state index is -0.274. The number of phenolic OH excluding ortho intramolecular Hbond substituents is 1. The number of anilines is 1. The van der Waals surface area contributed by atoms with Gasteiger partial charge in [0.2, 0.25) is 0 Å². The summed E-state index contributed by atoms with van der Waals surface area (Å²) in [6.07, 6.45) is 3.59. The Morgan fingerprint density at radius 1 is 1.05 bits per heavy atom. The summed E-state index contributed by atoms with van der Waals surface area (Å²) in [7, 11) is 0. The van der Waals surface area contributed by atoms with Gasteiger partial charge < -0.3 is 10.4 Å². The molecule has 22 heavy (non-hydrogen) atoms. The number of phenols is 1. The molecule has 2 aromatic carbocycles. The van der Waals surface area contributed by atoms with Gasteiger partial charge in [-0.05, 0) is 60.6 Å². The predicted molar refractivity (Wildman–Crippen MR) is 84.5 cm³/mol. The fraction of sp³-hybridized carbons (Fsp3) is 0.263. The monoisotopic (exact) mass is 293 g/mol. The van der Waals surface area contributed by atoms with Gasteiger partial charge in [-0.2, -0.15) is 0 Å². The first-order valence-corrected chi connectivity index (χ1v) is 7.55. The molecule has 2 aromatic rings. The van der Waals surface area contributed by atoms with E-state index in [4.69, 9.17) is 0 Å². The molecule has 2 N–H and O–H groups in total. The highest BCUT2D eigenvalue weighted by Crippen LogP contribution is 2.55. The molecular weight excluding hydrogens is 277 g/mol. The summed E-state index contributed by atoms with van der Waals surface area (Å²) >= 11 is 0. The number of benzene rings is 2. The average molecular weight is 293 g/mol. The number of rotatable bonds is 0. The molecule has 1 heterocycles. The lowest BCUT2D eigenvalue weighted by Crippen LogP contribution is -2.22. The summed E-state index contributed by atoms with van der Waals surface area (Å²) in [6, 6.07) is 9.85. The van der Waals surface area contributed by atoms with Crippen molar-refractivity contribution in [3.63, 3.8) is 0 Å². The lowest BCUT2D eigenvalue weighted by molar-refractivity contribution is 0.472. The van der Waals surface area contributed by atoms with E-state index >= 15 is 0 Å². The van der Waals surface area contributed by atoms with E-state index in [0.29, 0.717) is 11.0 Å². The zero-order chi connectivity index (χ0) is 15.2. The highest BCUT2D eigenvalue weighted by Gasteiger charge is 2.47. The van der Waals surface area contributed by atoms with Crippen LogP contribution in [0.5, 0.6) is 5.75 Å². The van der Waals surface area contributed by atoms with Crippen LogP contribution in [-0.4, -0.2) is 11.7 Å². The Bertz CT molecular complexity index is 795. The van der Waals surface area contributed by atoms with Gasteiger partial charge in [-0.15, -0.1) is 0 Å². The molecule has 1 aliphatic heterocycles. The zero-order valence-corrected chi connectivity index (χ0v) is 12.1. The number of hydrogen-bond donors (Lipinski definition) is 2. The average Bonchev–Trinajstić information content (AvgIpc) is 3.28. The van der Waals surface area contributed by atoms with E-state index in [1.165, 1.54) is 30.5 Å². The fourth-order valence-electron chi connectivity index (χ4n) is 3.19. The van der Waals surface area contributed by atoms with E-state index in [1.807, 2.05) is 6.07 Å². The Balaban J connectivity index is 1.72. The van der Waals surface area contributed by atoms with Gasteiger partial charge in [0.1, 0.15) is 11.6 Å². The second-order valence-electron chi connectivity index (χ2n) is 6.13. The molecule has 2 nitrogen and oxygen atoms in total. The Morgan fingerprint density at radius 2 is 1.82 bits per heavy atom. The molecule has 1 saturated carbocycles. The lowest BCUT2D eigenvalue weighted by atomic mass is 9.86. The molecule has 2 aliphatic rings. The van der Waals surface area contributed by atoms with Gasteiger partial charge in [0.15, 0.2) is 0 Å². The maximum absolute atomic E-state index is 12.9. The predicted octanol–water partition coefficient (Wildman–Crippen LogP) is 3.78. The SMILES string of the molecule is Oc1cc2c(cc1C#Cc1ccc(F)cc1)C1(CCN2)CC1. The molecule has 0 aromatic heterocycles. The molecule has 0 bridgehead atoms. The molecule has 0 atom stereocenters. The second-order valence-corrected chi connectivity index (χ2v) is 6.13. The summed E-state index contributed by atoms with van der Waals surface area (Å²) in [5.41, 5.74) is 3.99. The van der Waals surface area contributed by atoms with Crippen molar-refractivity contribution in [3.8, 4) is 17.6 Å². The van der Waals surface area contributed by atoms with Crippen molar-refractivity contribution in [2.24, 2.45) is 0 Å². The molecule has 4 rings (SSSR count). The first kappa shape index (κ1) is 13.2. The minimum absolute atomic E-state index is 0.193. The van der Waals surface area contributed by atoms with E-state index in [-0.39, 0.29) is 11.6 Å². The van der Waals surface area contributed by atoms with Gasteiger partial charge in [0, 0.05) is 23.9 Å². The van der Waals surface area contributed by atoms with Crippen LogP contribution in [0.25, 0.3) is 0 Å². The van der Waals surface area contributed by atoms with Crippen LogP contribution in [0.3, 0.4) is 0 Å². The van der Waals surface area contributed by atoms with E-state index in [1.54, 1.807) is 18.2 Å². The van der Waals surface area contributed by atoms with Crippen LogP contribution >= 0.6 is 0 Å². The molecular formula is C19H16FNO. The molecule has 1 spiro atoms. The lowest BCUT2D eigenvalue weighted by Gasteiger charge is -2.27. The first-order valence-electron chi connectivity index (χ1n) is 7.55. The van der Waals surface area contributed by atoms with Gasteiger partial charge in [-0.25, -0.2) is 4.39 Å². The maximum atomic E-state index is 12.9. The molecule has 0 unspecified atom stereocenters. The summed E-state index contributed by atoms with van der Waals surface area (Å²) < 4.78 is 12.9. The van der Waals surface area contributed by atoms with E-state index in [2.05, 4.69) is 17.2 Å². The smallest absolute Gasteiger partial charge is 0.133 e. The molecule has 1 aliphatic carbocycles. The van der Waals surface area contributed by atoms with Gasteiger partial charge >= 0.3 is 0 Å². The minimum Gasteiger partial charge on any atom is -0.507 e. The van der Waals surface area contributed by atoms with Gasteiger partial charge in [0.05, 0.1) is 5.56 Å². The Labute approximate surface area is 129 Å². The Kier molecular flexibility index (Phi) is 2.87. The van der Waals surface area contributed by atoms with Crippen LogP contribution in [0.2, 0.25) is 0 Å². The zero-order valence-electron chi connectivity index (χ0n) is 12.1. The third-order valence-corrected chi connectivity index (χ3v) is 4.67. The third-order valence-electron chi connectivity index (χ3n) is 4.67. The highest BCUT2D eigenvalue weighted by molar-refractivity contribution is 5.66. The number of nitrogens with one attached hydrogen (secondary N) is 1. The molecule has 110 valence electrons. The third kappa shape index (κ3) is 2.21. The summed E-state index contributed by atoms with van der Waals surface area (Å²) in [5.74, 6) is 5.92. The first-order chi connectivity index (χ1) is 10.7. The maximum Gasteiger partial charge on any atom is 0.133 e. The summed E-state index contributed by atoms with van der Waals surface area (Å²) in [5, 5.41) is 13.5. The second kappa shape index (κ2) is 4.78. The molecule has 0 radical (unpaired) electrons. The normalized spacial score (nSPS) is 17.1. The van der Waals surface area contributed by atoms with Crippen molar-refractivity contribution in [1.29, 1.82) is 0 Å². The van der Waals surface area contributed by atoms with Gasteiger partial charge in [-0.1, -0.05) is 11.8 Å². The largest absolute Gasteiger partial charge is 0.507 e. The van der Waals surface area contributed by atoms with Crippen LogP contribution in [0.1, 0.15) is 36.0 Å². The van der Waals surface area contributed by atoms with Crippen LogP contribution in [0, 0.1) is 17.7 Å². The molecule has 0 amide bonds. The van der Waals surface area contributed by atoms with Crippen LogP contribution in [-0.2, 0) is 5.41 Å². The van der Waals surface area contributed by atoms with Crippen molar-refractivity contribution < 1.29 is 9.50 Å². The molecule has 1 fully saturated rings. The number of hydrogen-bond acceptors (Lipinski definition) is 2. The van der Waals surface area contributed by atoms with Crippen molar-refractivity contribution in [2.75, 3.05) is 11.9 Å². The van der Waals surface area contributed by atoms with Crippen molar-refractivity contribution >= 4 is 5.69 Å². The Morgan fingerprint density at radius 3 is 2.55 bits per heavy atom. The van der Waals surface area contributed by atoms with Crippen molar-refractivity contribution in [3.05, 3.63) is 58.9 Å². The van der Waals surface area contributed by atoms with Crippen LogP contribution in [0.15, 0.2) is 36.4 Å². The number of halogens is 1. The van der Waals surface area contributed by atoms with E-state index in [9.17, 15) is 9.50 Å². The highest BCUT2D eigenvalue weighted by atomic mass is 19.1. The number of fused-ring (bicyclic) bond motifs is 2. The van der Waals surface area contributed by atoms with E-state index in [0.717, 1.165) is 24.2 Å². The van der Waals surface area contributed by atoms with Crippen molar-refractivity contribution in [1.82, 2.24) is 0 Å². The van der Waals surface area contributed by atoms with Crippen molar-refractivity contribution in [2.45, 2.75) is 24.7 Å². The standard InChI is InChI=1S/C19H16FNO/c20-15-5-2-13(3-6-15)1-4-14-11-16-17(12-18(14)22)21-10-9-19(16)7-8-19/h2-3,5-6,11-12,21-22H,7-10H2. The topological polar surface area (TPSA) is 32.3 Å². The Hall–Kier alpha value is -2.47. The fourth-order valence-corrected chi connectivity index (χ4v) is 3.19. The molecule has 0 saturated heterocycles. The quantitative estimate of drug-likeness (QED) is 0.725. The van der Waals surface area contributed by atoms with E-state index < -0.39 is 0 Å². The van der Waals surface area contributed by atoms with Gasteiger partial charge in [0.25, 0.3) is 0 Å².